The van der Waals surface area contributed by atoms with Crippen molar-refractivity contribution in [2.45, 2.75) is 26.4 Å². The van der Waals surface area contributed by atoms with Crippen LogP contribution >= 0.6 is 0 Å². The van der Waals surface area contributed by atoms with Gasteiger partial charge >= 0.3 is 0 Å². The number of nitrogens with one attached hydrogen (secondary N) is 1. The zero-order valence-electron chi connectivity index (χ0n) is 15.4. The molecule has 2 aliphatic rings. The highest BCUT2D eigenvalue weighted by molar-refractivity contribution is 5.98. The highest BCUT2D eigenvalue weighted by Crippen LogP contribution is 2.30. The Bertz CT molecular complexity index is 1110. The van der Waals surface area contributed by atoms with E-state index in [1.54, 1.807) is 18.5 Å². The molecule has 6 nitrogen and oxygen atoms in total. The first-order valence-electron chi connectivity index (χ1n) is 9.22. The molecular weight excluding hydrogens is 357 g/mol. The quantitative estimate of drug-likeness (QED) is 0.746. The molecule has 0 saturated carbocycles. The lowest BCUT2D eigenvalue weighted by molar-refractivity contribution is 0.0965. The largest absolute Gasteiger partial charge is 0.352 e. The third-order valence-electron chi connectivity index (χ3n) is 5.30. The van der Waals surface area contributed by atoms with Crippen LogP contribution in [0.3, 0.4) is 0 Å². The lowest BCUT2D eigenvalue weighted by Gasteiger charge is -2.30. The van der Waals surface area contributed by atoms with E-state index in [1.807, 2.05) is 19.1 Å². The van der Waals surface area contributed by atoms with Gasteiger partial charge in [-0.15, -0.1) is 0 Å². The van der Waals surface area contributed by atoms with Gasteiger partial charge in [0.1, 0.15) is 17.3 Å². The van der Waals surface area contributed by atoms with Gasteiger partial charge in [-0.2, -0.15) is 0 Å². The Morgan fingerprint density at radius 2 is 2.11 bits per heavy atom. The van der Waals surface area contributed by atoms with Crippen molar-refractivity contribution in [3.05, 3.63) is 70.6 Å². The molecule has 2 aliphatic heterocycles. The molecule has 5 rings (SSSR count). The zero-order valence-corrected chi connectivity index (χ0v) is 15.4. The summed E-state index contributed by atoms with van der Waals surface area (Å²) >= 11 is 0. The van der Waals surface area contributed by atoms with Crippen LogP contribution in [0.25, 0.3) is 11.3 Å². The number of aromatic nitrogens is 3. The van der Waals surface area contributed by atoms with Crippen molar-refractivity contribution in [3.8, 4) is 11.3 Å². The number of anilines is 1. The molecule has 0 aromatic carbocycles. The van der Waals surface area contributed by atoms with Gasteiger partial charge in [-0.1, -0.05) is 0 Å². The summed E-state index contributed by atoms with van der Waals surface area (Å²) in [6.07, 6.45) is 4.06. The van der Waals surface area contributed by atoms with E-state index < -0.39 is 0 Å². The van der Waals surface area contributed by atoms with E-state index in [0.29, 0.717) is 29.9 Å². The van der Waals surface area contributed by atoms with E-state index in [1.165, 1.54) is 6.07 Å². The van der Waals surface area contributed by atoms with Crippen molar-refractivity contribution in [2.75, 3.05) is 11.4 Å². The molecule has 3 aromatic heterocycles. The van der Waals surface area contributed by atoms with E-state index >= 15 is 0 Å². The van der Waals surface area contributed by atoms with Crippen LogP contribution in [0.4, 0.5) is 10.2 Å². The summed E-state index contributed by atoms with van der Waals surface area (Å²) in [4.78, 5) is 27.5. The summed E-state index contributed by atoms with van der Waals surface area (Å²) in [7, 11) is 0. The Hall–Kier alpha value is -3.35. The first kappa shape index (κ1) is 16.8. The maximum atomic E-state index is 14.1. The van der Waals surface area contributed by atoms with Crippen LogP contribution in [-0.4, -0.2) is 27.4 Å². The Labute approximate surface area is 161 Å². The molecule has 0 atom stereocenters. The van der Waals surface area contributed by atoms with Gasteiger partial charge in [-0.3, -0.25) is 14.8 Å². The van der Waals surface area contributed by atoms with Crippen LogP contribution in [0.1, 0.15) is 32.9 Å². The predicted molar refractivity (Wildman–Crippen MR) is 102 cm³/mol. The molecule has 7 heteroatoms. The molecule has 0 aliphatic carbocycles. The van der Waals surface area contributed by atoms with E-state index in [4.69, 9.17) is 4.98 Å². The molecule has 28 heavy (non-hydrogen) atoms. The molecule has 140 valence electrons. The Balaban J connectivity index is 1.49. The number of halogens is 1. The number of hydrogen-bond donors (Lipinski definition) is 1. The first-order valence-corrected chi connectivity index (χ1v) is 9.22. The number of fused-ring (bicyclic) bond motifs is 2. The van der Waals surface area contributed by atoms with Crippen molar-refractivity contribution in [2.24, 2.45) is 0 Å². The third-order valence-corrected chi connectivity index (χ3v) is 5.30. The van der Waals surface area contributed by atoms with Crippen LogP contribution in [0, 0.1) is 12.7 Å². The summed E-state index contributed by atoms with van der Waals surface area (Å²) in [6, 6.07) is 6.86. The Morgan fingerprint density at radius 1 is 1.21 bits per heavy atom. The van der Waals surface area contributed by atoms with E-state index in [2.05, 4.69) is 20.2 Å². The molecule has 0 saturated heterocycles. The maximum absolute atomic E-state index is 14.1. The molecule has 1 N–H and O–H groups in total. The van der Waals surface area contributed by atoms with E-state index in [-0.39, 0.29) is 11.7 Å². The second-order valence-electron chi connectivity index (χ2n) is 7.14. The van der Waals surface area contributed by atoms with E-state index in [9.17, 15) is 9.18 Å². The molecule has 5 heterocycles. The van der Waals surface area contributed by atoms with Gasteiger partial charge in [-0.05, 0) is 42.3 Å². The molecule has 0 bridgehead atoms. The van der Waals surface area contributed by atoms with Gasteiger partial charge in [0.25, 0.3) is 5.91 Å². The summed E-state index contributed by atoms with van der Waals surface area (Å²) in [5.41, 5.74) is 5.47. The number of aryl methyl sites for hydroxylation is 1. The van der Waals surface area contributed by atoms with Crippen LogP contribution in [0.5, 0.6) is 0 Å². The minimum atomic E-state index is -0.356. The zero-order chi connectivity index (χ0) is 19.3. The maximum Gasteiger partial charge on any atom is 0.253 e. The topological polar surface area (TPSA) is 71.0 Å². The molecule has 0 fully saturated rings. The average molecular weight is 375 g/mol. The van der Waals surface area contributed by atoms with Gasteiger partial charge in [0, 0.05) is 43.2 Å². The molecule has 0 unspecified atom stereocenters. The summed E-state index contributed by atoms with van der Waals surface area (Å²) in [5.74, 6) is 0.466. The fourth-order valence-corrected chi connectivity index (χ4v) is 3.89. The minimum Gasteiger partial charge on any atom is -0.352 e. The summed E-state index contributed by atoms with van der Waals surface area (Å²) in [6.45, 7) is 3.88. The fourth-order valence-electron chi connectivity index (χ4n) is 3.89. The highest BCUT2D eigenvalue weighted by Gasteiger charge is 2.26. The van der Waals surface area contributed by atoms with Crippen molar-refractivity contribution in [1.82, 2.24) is 20.3 Å². The normalized spacial score (nSPS) is 15.2. The molecule has 1 amide bonds. The number of amides is 1. The number of carbonyl (C=O) groups is 1. The van der Waals surface area contributed by atoms with E-state index in [0.717, 1.165) is 41.3 Å². The fraction of sp³-hybridized carbons (Fsp3) is 0.238. The van der Waals surface area contributed by atoms with Gasteiger partial charge in [0.15, 0.2) is 0 Å². The van der Waals surface area contributed by atoms with Crippen molar-refractivity contribution >= 4 is 11.7 Å². The lowest BCUT2D eigenvalue weighted by atomic mass is 10.0. The predicted octanol–water partition coefficient (Wildman–Crippen LogP) is 2.79. The standard InChI is InChI=1S/C21H18FN5O/c1-12-7-15-18(10-25-21(15)28)26-20(12)27-6-4-17-14(11-27)8-13(9-24-17)19-16(22)3-2-5-23-19/h2-3,5,7-9H,4,6,10-11H2,1H3,(H,25,28). The van der Waals surface area contributed by atoms with Crippen molar-refractivity contribution in [1.29, 1.82) is 0 Å². The van der Waals surface area contributed by atoms with Crippen LogP contribution in [0.2, 0.25) is 0 Å². The van der Waals surface area contributed by atoms with Crippen molar-refractivity contribution < 1.29 is 9.18 Å². The molecule has 0 spiro atoms. The van der Waals surface area contributed by atoms with Gasteiger partial charge < -0.3 is 10.2 Å². The minimum absolute atomic E-state index is 0.0626. The monoisotopic (exact) mass is 375 g/mol. The Morgan fingerprint density at radius 3 is 2.96 bits per heavy atom. The number of rotatable bonds is 2. The number of pyridine rings is 3. The van der Waals surface area contributed by atoms with Crippen LogP contribution < -0.4 is 10.2 Å². The number of nitrogens with zero attached hydrogens (tertiary/aromatic N) is 4. The van der Waals surface area contributed by atoms with Crippen LogP contribution in [0.15, 0.2) is 36.7 Å². The molecule has 0 radical (unpaired) electrons. The number of hydrogen-bond acceptors (Lipinski definition) is 5. The summed E-state index contributed by atoms with van der Waals surface area (Å²) < 4.78 is 14.1. The van der Waals surface area contributed by atoms with Crippen LogP contribution in [-0.2, 0) is 19.5 Å². The average Bonchev–Trinajstić information content (AvgIpc) is 3.07. The second kappa shape index (κ2) is 6.37. The smallest absolute Gasteiger partial charge is 0.253 e. The first-order chi connectivity index (χ1) is 13.6. The van der Waals surface area contributed by atoms with Gasteiger partial charge in [0.2, 0.25) is 0 Å². The van der Waals surface area contributed by atoms with Gasteiger partial charge in [0.05, 0.1) is 17.8 Å². The summed E-state index contributed by atoms with van der Waals surface area (Å²) in [5, 5.41) is 2.82. The third kappa shape index (κ3) is 2.70. The highest BCUT2D eigenvalue weighted by atomic mass is 19.1. The number of carbonyl (C=O) groups excluding carboxylic acids is 1. The molecule has 3 aromatic rings. The lowest BCUT2D eigenvalue weighted by Crippen LogP contribution is -2.32. The Kier molecular flexibility index (Phi) is 3.82. The van der Waals surface area contributed by atoms with Crippen molar-refractivity contribution in [3.63, 3.8) is 0 Å². The SMILES string of the molecule is Cc1cc2c(nc1N1CCc3ncc(-c4ncccc4F)cc3C1)CNC2=O. The second-order valence-corrected chi connectivity index (χ2v) is 7.14. The van der Waals surface area contributed by atoms with Gasteiger partial charge in [-0.25, -0.2) is 9.37 Å². The molecular formula is C21H18FN5O.